The number of carbonyl (C=O) groups is 1. The van der Waals surface area contributed by atoms with Gasteiger partial charge >= 0.3 is 5.97 Å². The molecule has 0 heterocycles. The third-order valence-corrected chi connectivity index (χ3v) is 0.363. The van der Waals surface area contributed by atoms with Crippen molar-refractivity contribution >= 4 is 5.97 Å². The lowest BCUT2D eigenvalue weighted by Crippen LogP contribution is -2.10. The van der Waals surface area contributed by atoms with E-state index in [0.717, 1.165) is 0 Å². The molecule has 0 amide bonds. The standard InChI is InChI=1S/C4H3FO2/c1-2-3(5)4(6)7/h1,3H,(H,6,7). The lowest BCUT2D eigenvalue weighted by molar-refractivity contribution is -0.140. The molecule has 0 radical (unpaired) electrons. The quantitative estimate of drug-likeness (QED) is 0.474. The number of rotatable bonds is 1. The lowest BCUT2D eigenvalue weighted by Gasteiger charge is -1.85. The average molecular weight is 102 g/mol. The van der Waals surface area contributed by atoms with Crippen molar-refractivity contribution in [3.05, 3.63) is 0 Å². The van der Waals surface area contributed by atoms with Gasteiger partial charge in [0.1, 0.15) is 0 Å². The van der Waals surface area contributed by atoms with Crippen molar-refractivity contribution < 1.29 is 14.3 Å². The molecule has 0 bridgehead atoms. The average Bonchev–Trinajstić information content (AvgIpc) is 1.65. The molecule has 1 unspecified atom stereocenters. The van der Waals surface area contributed by atoms with Crippen LogP contribution in [0.5, 0.6) is 0 Å². The van der Waals surface area contributed by atoms with E-state index in [1.54, 1.807) is 0 Å². The summed E-state index contributed by atoms with van der Waals surface area (Å²) >= 11 is 0. The first kappa shape index (κ1) is 5.96. The van der Waals surface area contributed by atoms with Crippen LogP contribution < -0.4 is 0 Å². The Bertz CT molecular complexity index is 113. The normalized spacial score (nSPS) is 12.0. The molecule has 38 valence electrons. The number of hydrogen-bond acceptors (Lipinski definition) is 1. The second-order valence-corrected chi connectivity index (χ2v) is 0.867. The number of terminal acetylenes is 1. The van der Waals surface area contributed by atoms with E-state index < -0.39 is 12.1 Å². The zero-order valence-corrected chi connectivity index (χ0v) is 3.39. The molecule has 7 heavy (non-hydrogen) atoms. The van der Waals surface area contributed by atoms with Gasteiger partial charge in [-0.1, -0.05) is 5.92 Å². The van der Waals surface area contributed by atoms with E-state index >= 15 is 0 Å². The van der Waals surface area contributed by atoms with Gasteiger partial charge in [0.05, 0.1) is 0 Å². The number of hydrogen-bond donors (Lipinski definition) is 1. The summed E-state index contributed by atoms with van der Waals surface area (Å²) in [6.45, 7) is 0. The molecule has 0 aliphatic rings. The van der Waals surface area contributed by atoms with Crippen LogP contribution >= 0.6 is 0 Å². The monoisotopic (exact) mass is 102 g/mol. The highest BCUT2D eigenvalue weighted by atomic mass is 19.1. The first-order valence-electron chi connectivity index (χ1n) is 1.51. The van der Waals surface area contributed by atoms with Crippen molar-refractivity contribution in [1.82, 2.24) is 0 Å². The first-order valence-corrected chi connectivity index (χ1v) is 1.51. The van der Waals surface area contributed by atoms with Crippen molar-refractivity contribution in [3.8, 4) is 12.3 Å². The van der Waals surface area contributed by atoms with Crippen molar-refractivity contribution in [2.24, 2.45) is 0 Å². The Hall–Kier alpha value is -1.04. The van der Waals surface area contributed by atoms with Gasteiger partial charge in [-0.3, -0.25) is 0 Å². The minimum atomic E-state index is -2.15. The Kier molecular flexibility index (Phi) is 1.86. The molecule has 3 heteroatoms. The van der Waals surface area contributed by atoms with E-state index in [1.807, 2.05) is 0 Å². The van der Waals surface area contributed by atoms with Gasteiger partial charge < -0.3 is 5.11 Å². The topological polar surface area (TPSA) is 37.3 Å². The Morgan fingerprint density at radius 2 is 2.43 bits per heavy atom. The minimum absolute atomic E-state index is 1.40. The first-order chi connectivity index (χ1) is 3.18. The molecule has 1 atom stereocenters. The van der Waals surface area contributed by atoms with Gasteiger partial charge in [-0.05, 0) is 0 Å². The van der Waals surface area contributed by atoms with Crippen LogP contribution in [0.1, 0.15) is 0 Å². The third-order valence-electron chi connectivity index (χ3n) is 0.363. The lowest BCUT2D eigenvalue weighted by atomic mass is 10.4. The number of carboxylic acid groups (broad SMARTS) is 1. The SMILES string of the molecule is C#CC(F)C(=O)O. The molecule has 1 N–H and O–H groups in total. The highest BCUT2D eigenvalue weighted by Crippen LogP contribution is 1.83. The summed E-state index contributed by atoms with van der Waals surface area (Å²) in [4.78, 5) is 9.41. The van der Waals surface area contributed by atoms with Crippen LogP contribution in [-0.4, -0.2) is 17.2 Å². The fraction of sp³-hybridized carbons (Fsp3) is 0.250. The number of alkyl halides is 1. The van der Waals surface area contributed by atoms with Gasteiger partial charge in [-0.2, -0.15) is 0 Å². The van der Waals surface area contributed by atoms with Crippen LogP contribution in [0.3, 0.4) is 0 Å². The number of carboxylic acids is 1. The maximum absolute atomic E-state index is 11.4. The number of halogens is 1. The van der Waals surface area contributed by atoms with E-state index in [-0.39, 0.29) is 0 Å². The third kappa shape index (κ3) is 1.77. The summed E-state index contributed by atoms with van der Waals surface area (Å²) in [6.07, 6.45) is 2.21. The predicted molar refractivity (Wildman–Crippen MR) is 21.4 cm³/mol. The minimum Gasteiger partial charge on any atom is -0.478 e. The van der Waals surface area contributed by atoms with Crippen molar-refractivity contribution in [1.29, 1.82) is 0 Å². The van der Waals surface area contributed by atoms with E-state index in [9.17, 15) is 9.18 Å². The zero-order chi connectivity index (χ0) is 5.86. The molecule has 0 spiro atoms. The summed E-state index contributed by atoms with van der Waals surface area (Å²) in [6, 6.07) is 0. The Balaban J connectivity index is 3.63. The molecule has 0 aliphatic carbocycles. The predicted octanol–water partition coefficient (Wildman–Crippen LogP) is 0.0423. The molecule has 0 saturated carbocycles. The summed E-state index contributed by atoms with van der Waals surface area (Å²) < 4.78 is 11.4. The van der Waals surface area contributed by atoms with Crippen LogP contribution in [-0.2, 0) is 4.79 Å². The highest BCUT2D eigenvalue weighted by Gasteiger charge is 2.08. The Morgan fingerprint density at radius 3 is 2.43 bits per heavy atom. The van der Waals surface area contributed by atoms with Crippen molar-refractivity contribution in [2.45, 2.75) is 6.17 Å². The maximum Gasteiger partial charge on any atom is 0.351 e. The second kappa shape index (κ2) is 2.19. The maximum atomic E-state index is 11.4. The molecule has 0 aromatic heterocycles. The summed E-state index contributed by atoms with van der Waals surface area (Å²) in [5.41, 5.74) is 0. The van der Waals surface area contributed by atoms with Gasteiger partial charge in [-0.15, -0.1) is 6.42 Å². The molecule has 0 aliphatic heterocycles. The van der Waals surface area contributed by atoms with Gasteiger partial charge in [0, 0.05) is 0 Å². The van der Waals surface area contributed by atoms with Crippen LogP contribution in [0, 0.1) is 12.3 Å². The molecule has 2 nitrogen and oxygen atoms in total. The van der Waals surface area contributed by atoms with E-state index in [4.69, 9.17) is 5.11 Å². The van der Waals surface area contributed by atoms with Gasteiger partial charge in [0.25, 0.3) is 6.17 Å². The summed E-state index contributed by atoms with van der Waals surface area (Å²) in [7, 11) is 0. The Morgan fingerprint density at radius 1 is 2.00 bits per heavy atom. The van der Waals surface area contributed by atoms with E-state index in [0.29, 0.717) is 0 Å². The summed E-state index contributed by atoms with van der Waals surface area (Å²) in [5, 5.41) is 7.66. The molecule has 0 saturated heterocycles. The van der Waals surface area contributed by atoms with Crippen LogP contribution in [0.4, 0.5) is 4.39 Å². The summed E-state index contributed by atoms with van der Waals surface area (Å²) in [5.74, 6) is -0.211. The van der Waals surface area contributed by atoms with Gasteiger partial charge in [0.15, 0.2) is 0 Å². The molecule has 0 aromatic rings. The zero-order valence-electron chi connectivity index (χ0n) is 3.39. The van der Waals surface area contributed by atoms with E-state index in [1.165, 1.54) is 5.92 Å². The van der Waals surface area contributed by atoms with Gasteiger partial charge in [-0.25, -0.2) is 9.18 Å². The van der Waals surface area contributed by atoms with Crippen molar-refractivity contribution in [2.75, 3.05) is 0 Å². The van der Waals surface area contributed by atoms with Crippen LogP contribution in [0.25, 0.3) is 0 Å². The molecular weight excluding hydrogens is 99.0 g/mol. The van der Waals surface area contributed by atoms with Crippen molar-refractivity contribution in [3.63, 3.8) is 0 Å². The molecule has 0 fully saturated rings. The van der Waals surface area contributed by atoms with Gasteiger partial charge in [0.2, 0.25) is 0 Å². The number of aliphatic carboxylic acids is 1. The second-order valence-electron chi connectivity index (χ2n) is 0.867. The van der Waals surface area contributed by atoms with E-state index in [2.05, 4.69) is 6.42 Å². The molecule has 0 aromatic carbocycles. The smallest absolute Gasteiger partial charge is 0.351 e. The fourth-order valence-electron chi connectivity index (χ4n) is 0.0713. The fourth-order valence-corrected chi connectivity index (χ4v) is 0.0713. The van der Waals surface area contributed by atoms with Crippen LogP contribution in [0.2, 0.25) is 0 Å². The molecule has 0 rings (SSSR count). The largest absolute Gasteiger partial charge is 0.478 e. The molecular formula is C4H3FO2. The Labute approximate surface area is 40.0 Å². The van der Waals surface area contributed by atoms with Crippen LogP contribution in [0.15, 0.2) is 0 Å². The highest BCUT2D eigenvalue weighted by molar-refractivity contribution is 5.75.